The van der Waals surface area contributed by atoms with Crippen molar-refractivity contribution in [2.75, 3.05) is 6.61 Å². The van der Waals surface area contributed by atoms with Crippen LogP contribution in [-0.4, -0.2) is 26.3 Å². The van der Waals surface area contributed by atoms with E-state index in [0.717, 1.165) is 28.0 Å². The van der Waals surface area contributed by atoms with Gasteiger partial charge < -0.3 is 9.84 Å². The molecule has 0 spiro atoms. The Morgan fingerprint density at radius 1 is 1.06 bits per heavy atom. The van der Waals surface area contributed by atoms with Crippen molar-refractivity contribution < 1.29 is 9.84 Å². The topological polar surface area (TPSA) is 76.7 Å². The standard InChI is InChI=1S/C28H31N3O3S/c1-8-13-34-19-11-9-18(10-12-19)24-29-26-31(30-24)25(33)22(35-26)16-17-14-20(27(2,3)4)23(32)21(15-17)28(5,6)7/h8-12,14-16,32H,1,13H2,2-7H3. The highest BCUT2D eigenvalue weighted by atomic mass is 32.1. The molecule has 2 heterocycles. The highest BCUT2D eigenvalue weighted by molar-refractivity contribution is 7.15. The minimum Gasteiger partial charge on any atom is -0.507 e. The summed E-state index contributed by atoms with van der Waals surface area (Å²) >= 11 is 1.30. The van der Waals surface area contributed by atoms with E-state index in [2.05, 4.69) is 58.2 Å². The molecule has 0 aliphatic heterocycles. The number of nitrogens with zero attached hydrogens (tertiary/aromatic N) is 3. The maximum absolute atomic E-state index is 13.1. The molecule has 2 aromatic carbocycles. The van der Waals surface area contributed by atoms with Gasteiger partial charge in [-0.25, -0.2) is 0 Å². The Labute approximate surface area is 209 Å². The van der Waals surface area contributed by atoms with Gasteiger partial charge in [-0.3, -0.25) is 4.79 Å². The molecule has 0 unspecified atom stereocenters. The summed E-state index contributed by atoms with van der Waals surface area (Å²) in [6.45, 7) is 16.5. The average Bonchev–Trinajstić information content (AvgIpc) is 3.31. The Kier molecular flexibility index (Phi) is 6.32. The zero-order chi connectivity index (χ0) is 25.5. The van der Waals surface area contributed by atoms with Crippen LogP contribution in [0.1, 0.15) is 58.2 Å². The van der Waals surface area contributed by atoms with Crippen molar-refractivity contribution in [3.05, 3.63) is 80.6 Å². The summed E-state index contributed by atoms with van der Waals surface area (Å²) in [4.78, 5) is 18.3. The SMILES string of the molecule is C=CCOc1ccc(-c2nc3sc(=Cc4cc(C(C)(C)C)c(O)c(C(C)(C)C)c4)c(=O)n3n2)cc1. The summed E-state index contributed by atoms with van der Waals surface area (Å²) in [7, 11) is 0. The third-order valence-corrected chi connectivity index (χ3v) is 6.67. The number of ether oxygens (including phenoxy) is 1. The van der Waals surface area contributed by atoms with Crippen molar-refractivity contribution >= 4 is 22.4 Å². The van der Waals surface area contributed by atoms with Gasteiger partial charge in [-0.15, -0.1) is 5.10 Å². The number of hydrogen-bond acceptors (Lipinski definition) is 6. The number of phenolic OH excluding ortho intramolecular Hbond substituents is 1. The first kappa shape index (κ1) is 24.7. The molecule has 0 radical (unpaired) electrons. The Hall–Kier alpha value is -3.45. The first-order valence-electron chi connectivity index (χ1n) is 11.5. The Bertz CT molecular complexity index is 1470. The van der Waals surface area contributed by atoms with Crippen molar-refractivity contribution in [1.29, 1.82) is 0 Å². The van der Waals surface area contributed by atoms with Gasteiger partial charge in [0.25, 0.3) is 5.56 Å². The summed E-state index contributed by atoms with van der Waals surface area (Å²) in [5.41, 5.74) is 2.67. The zero-order valence-electron chi connectivity index (χ0n) is 21.0. The molecule has 182 valence electrons. The fourth-order valence-corrected chi connectivity index (χ4v) is 4.75. The van der Waals surface area contributed by atoms with Crippen LogP contribution in [0.4, 0.5) is 0 Å². The molecule has 0 saturated heterocycles. The molecule has 35 heavy (non-hydrogen) atoms. The number of hydrogen-bond donors (Lipinski definition) is 1. The zero-order valence-corrected chi connectivity index (χ0v) is 21.9. The third kappa shape index (κ3) is 5.00. The highest BCUT2D eigenvalue weighted by Crippen LogP contribution is 2.39. The van der Waals surface area contributed by atoms with Gasteiger partial charge in [0.2, 0.25) is 4.96 Å². The number of aromatic hydroxyl groups is 1. The molecule has 0 aliphatic rings. The minimum absolute atomic E-state index is 0.211. The minimum atomic E-state index is -0.249. The summed E-state index contributed by atoms with van der Waals surface area (Å²) in [5, 5.41) is 15.4. The number of fused-ring (bicyclic) bond motifs is 1. The monoisotopic (exact) mass is 489 g/mol. The number of thiazole rings is 1. The number of phenols is 1. The summed E-state index contributed by atoms with van der Waals surface area (Å²) in [6, 6.07) is 11.3. The first-order chi connectivity index (χ1) is 16.4. The lowest BCUT2D eigenvalue weighted by molar-refractivity contribution is 0.363. The van der Waals surface area contributed by atoms with E-state index >= 15 is 0 Å². The molecule has 0 aliphatic carbocycles. The molecular weight excluding hydrogens is 458 g/mol. The lowest BCUT2D eigenvalue weighted by Crippen LogP contribution is -2.24. The number of rotatable bonds is 5. The Morgan fingerprint density at radius 2 is 1.66 bits per heavy atom. The van der Waals surface area contributed by atoms with Crippen LogP contribution in [0, 0.1) is 0 Å². The van der Waals surface area contributed by atoms with Crippen LogP contribution in [0.5, 0.6) is 11.5 Å². The van der Waals surface area contributed by atoms with Crippen LogP contribution in [0.15, 0.2) is 53.8 Å². The second kappa shape index (κ2) is 8.96. The van der Waals surface area contributed by atoms with Crippen LogP contribution in [0.3, 0.4) is 0 Å². The van der Waals surface area contributed by atoms with Crippen molar-refractivity contribution in [1.82, 2.24) is 14.6 Å². The highest BCUT2D eigenvalue weighted by Gasteiger charge is 2.26. The summed E-state index contributed by atoms with van der Waals surface area (Å²) < 4.78 is 7.41. The lowest BCUT2D eigenvalue weighted by Gasteiger charge is -2.27. The van der Waals surface area contributed by atoms with E-state index in [9.17, 15) is 9.90 Å². The van der Waals surface area contributed by atoms with Crippen molar-refractivity contribution in [3.63, 3.8) is 0 Å². The molecule has 4 rings (SSSR count). The molecule has 0 atom stereocenters. The van der Waals surface area contributed by atoms with Crippen LogP contribution < -0.4 is 14.8 Å². The van der Waals surface area contributed by atoms with E-state index in [1.54, 1.807) is 6.08 Å². The van der Waals surface area contributed by atoms with E-state index in [1.807, 2.05) is 42.5 Å². The van der Waals surface area contributed by atoms with Gasteiger partial charge in [0.05, 0.1) is 4.53 Å². The maximum Gasteiger partial charge on any atom is 0.291 e. The maximum atomic E-state index is 13.1. The average molecular weight is 490 g/mol. The van der Waals surface area contributed by atoms with Crippen LogP contribution in [-0.2, 0) is 10.8 Å². The van der Waals surface area contributed by atoms with Gasteiger partial charge in [-0.05, 0) is 58.9 Å². The Balaban J connectivity index is 1.76. The molecule has 0 saturated carbocycles. The summed E-state index contributed by atoms with van der Waals surface area (Å²) in [5.74, 6) is 1.54. The van der Waals surface area contributed by atoms with Crippen molar-refractivity contribution in [2.45, 2.75) is 52.4 Å². The lowest BCUT2D eigenvalue weighted by atomic mass is 9.78. The molecule has 0 amide bonds. The first-order valence-corrected chi connectivity index (χ1v) is 12.3. The van der Waals surface area contributed by atoms with Crippen LogP contribution >= 0.6 is 11.3 Å². The predicted molar refractivity (Wildman–Crippen MR) is 143 cm³/mol. The van der Waals surface area contributed by atoms with Gasteiger partial charge >= 0.3 is 0 Å². The molecule has 4 aromatic rings. The Morgan fingerprint density at radius 3 is 2.17 bits per heavy atom. The quantitative estimate of drug-likeness (QED) is 0.389. The second-order valence-electron chi connectivity index (χ2n) is 10.6. The normalized spacial score (nSPS) is 12.9. The van der Waals surface area contributed by atoms with Gasteiger partial charge in [0.15, 0.2) is 5.82 Å². The molecule has 0 bridgehead atoms. The van der Waals surface area contributed by atoms with Crippen LogP contribution in [0.2, 0.25) is 0 Å². The molecule has 0 fully saturated rings. The van der Waals surface area contributed by atoms with E-state index in [1.165, 1.54) is 15.9 Å². The predicted octanol–water partition coefficient (Wildman–Crippen LogP) is 5.23. The smallest absolute Gasteiger partial charge is 0.291 e. The largest absolute Gasteiger partial charge is 0.507 e. The van der Waals surface area contributed by atoms with E-state index in [-0.39, 0.29) is 16.4 Å². The fraction of sp³-hybridized carbons (Fsp3) is 0.321. The number of benzene rings is 2. The molecule has 2 aromatic heterocycles. The molecule has 1 N–H and O–H groups in total. The molecule has 7 heteroatoms. The number of aromatic nitrogens is 3. The van der Waals surface area contributed by atoms with E-state index in [4.69, 9.17) is 4.74 Å². The van der Waals surface area contributed by atoms with E-state index < -0.39 is 0 Å². The molecule has 6 nitrogen and oxygen atoms in total. The molecular formula is C28H31N3O3S. The second-order valence-corrected chi connectivity index (χ2v) is 11.6. The van der Waals surface area contributed by atoms with E-state index in [0.29, 0.717) is 27.7 Å². The third-order valence-electron chi connectivity index (χ3n) is 5.71. The van der Waals surface area contributed by atoms with Crippen molar-refractivity contribution in [3.8, 4) is 22.9 Å². The van der Waals surface area contributed by atoms with Crippen molar-refractivity contribution in [2.24, 2.45) is 0 Å². The van der Waals surface area contributed by atoms with Gasteiger partial charge in [0.1, 0.15) is 18.1 Å². The van der Waals surface area contributed by atoms with Gasteiger partial charge in [-0.2, -0.15) is 9.50 Å². The van der Waals surface area contributed by atoms with Gasteiger partial charge in [-0.1, -0.05) is 65.5 Å². The van der Waals surface area contributed by atoms with Gasteiger partial charge in [0, 0.05) is 16.7 Å². The fourth-order valence-electron chi connectivity index (χ4n) is 3.85. The summed E-state index contributed by atoms with van der Waals surface area (Å²) in [6.07, 6.45) is 3.55. The van der Waals surface area contributed by atoms with Crippen LogP contribution in [0.25, 0.3) is 22.4 Å².